The standard InChI is InChI=1S/C14H15Cl3O/c15-10-7-11(14(17)12(16)8-10)13(18)6-5-9-3-1-2-4-9/h7-9H,1-6H2. The Morgan fingerprint density at radius 1 is 1.17 bits per heavy atom. The Kier molecular flexibility index (Phi) is 4.94. The Hall–Kier alpha value is -0.240. The first-order valence-electron chi connectivity index (χ1n) is 6.25. The summed E-state index contributed by atoms with van der Waals surface area (Å²) in [6.07, 6.45) is 6.56. The number of benzene rings is 1. The number of carbonyl (C=O) groups is 1. The molecule has 0 saturated heterocycles. The monoisotopic (exact) mass is 304 g/mol. The normalized spacial score (nSPS) is 16.2. The number of carbonyl (C=O) groups excluding carboxylic acids is 1. The lowest BCUT2D eigenvalue weighted by atomic mass is 9.97. The maximum Gasteiger partial charge on any atom is 0.164 e. The largest absolute Gasteiger partial charge is 0.294 e. The van der Waals surface area contributed by atoms with Crippen LogP contribution in [0.15, 0.2) is 12.1 Å². The average Bonchev–Trinajstić information content (AvgIpc) is 2.83. The highest BCUT2D eigenvalue weighted by Gasteiger charge is 2.19. The van der Waals surface area contributed by atoms with Crippen LogP contribution in [0.1, 0.15) is 48.9 Å². The van der Waals surface area contributed by atoms with Crippen molar-refractivity contribution < 1.29 is 4.79 Å². The molecule has 0 amide bonds. The van der Waals surface area contributed by atoms with Crippen LogP contribution in [0.2, 0.25) is 15.1 Å². The summed E-state index contributed by atoms with van der Waals surface area (Å²) in [5.41, 5.74) is 0.451. The number of hydrogen-bond acceptors (Lipinski definition) is 1. The van der Waals surface area contributed by atoms with E-state index in [1.807, 2.05) is 0 Å². The van der Waals surface area contributed by atoms with Crippen molar-refractivity contribution in [3.05, 3.63) is 32.8 Å². The molecule has 0 unspecified atom stereocenters. The Balaban J connectivity index is 2.04. The van der Waals surface area contributed by atoms with Crippen molar-refractivity contribution >= 4 is 40.6 Å². The van der Waals surface area contributed by atoms with Gasteiger partial charge in [0.2, 0.25) is 0 Å². The molecule has 0 aliphatic heterocycles. The molecule has 1 aromatic rings. The van der Waals surface area contributed by atoms with Crippen LogP contribution in [-0.4, -0.2) is 5.78 Å². The lowest BCUT2D eigenvalue weighted by molar-refractivity contribution is 0.0974. The summed E-state index contributed by atoms with van der Waals surface area (Å²) in [5, 5.41) is 1.11. The highest BCUT2D eigenvalue weighted by molar-refractivity contribution is 6.45. The van der Waals surface area contributed by atoms with Crippen LogP contribution in [0, 0.1) is 5.92 Å². The number of Topliss-reactive ketones (excluding diaryl/α,β-unsaturated/α-hetero) is 1. The van der Waals surface area contributed by atoms with Crippen molar-refractivity contribution in [3.8, 4) is 0 Å². The molecule has 0 heterocycles. The van der Waals surface area contributed by atoms with E-state index >= 15 is 0 Å². The van der Waals surface area contributed by atoms with E-state index in [0.29, 0.717) is 33.0 Å². The van der Waals surface area contributed by atoms with Gasteiger partial charge < -0.3 is 0 Å². The summed E-state index contributed by atoms with van der Waals surface area (Å²) in [6.45, 7) is 0. The van der Waals surface area contributed by atoms with E-state index in [2.05, 4.69) is 0 Å². The van der Waals surface area contributed by atoms with E-state index in [1.165, 1.54) is 25.7 Å². The van der Waals surface area contributed by atoms with E-state index in [0.717, 1.165) is 6.42 Å². The number of ketones is 1. The second kappa shape index (κ2) is 6.27. The Morgan fingerprint density at radius 2 is 1.83 bits per heavy atom. The van der Waals surface area contributed by atoms with Gasteiger partial charge in [-0.2, -0.15) is 0 Å². The van der Waals surface area contributed by atoms with Gasteiger partial charge in [0.1, 0.15) is 0 Å². The predicted molar refractivity (Wildman–Crippen MR) is 77.0 cm³/mol. The van der Waals surface area contributed by atoms with Crippen molar-refractivity contribution in [3.63, 3.8) is 0 Å². The summed E-state index contributed by atoms with van der Waals surface area (Å²) in [7, 11) is 0. The molecular formula is C14H15Cl3O. The van der Waals surface area contributed by atoms with Gasteiger partial charge in [-0.15, -0.1) is 0 Å². The second-order valence-corrected chi connectivity index (χ2v) is 6.08. The maximum atomic E-state index is 12.1. The molecule has 0 N–H and O–H groups in total. The van der Waals surface area contributed by atoms with E-state index in [1.54, 1.807) is 12.1 Å². The molecule has 1 fully saturated rings. The Labute approximate surface area is 122 Å². The molecule has 1 nitrogen and oxygen atoms in total. The van der Waals surface area contributed by atoms with Crippen molar-refractivity contribution in [2.45, 2.75) is 38.5 Å². The van der Waals surface area contributed by atoms with Crippen LogP contribution in [-0.2, 0) is 0 Å². The molecular weight excluding hydrogens is 291 g/mol. The van der Waals surface area contributed by atoms with Crippen LogP contribution >= 0.6 is 34.8 Å². The third kappa shape index (κ3) is 3.40. The van der Waals surface area contributed by atoms with Crippen molar-refractivity contribution in [1.29, 1.82) is 0 Å². The minimum absolute atomic E-state index is 0.0382. The minimum atomic E-state index is 0.0382. The third-order valence-corrected chi connectivity index (χ3v) is 4.57. The molecule has 2 rings (SSSR count). The zero-order chi connectivity index (χ0) is 13.1. The third-order valence-electron chi connectivity index (χ3n) is 3.55. The molecule has 1 saturated carbocycles. The van der Waals surface area contributed by atoms with E-state index in [4.69, 9.17) is 34.8 Å². The van der Waals surface area contributed by atoms with Gasteiger partial charge >= 0.3 is 0 Å². The smallest absolute Gasteiger partial charge is 0.164 e. The van der Waals surface area contributed by atoms with Gasteiger partial charge in [0, 0.05) is 17.0 Å². The van der Waals surface area contributed by atoms with Crippen LogP contribution in [0.3, 0.4) is 0 Å². The molecule has 1 aliphatic carbocycles. The van der Waals surface area contributed by atoms with E-state index in [9.17, 15) is 4.79 Å². The number of halogens is 3. The molecule has 18 heavy (non-hydrogen) atoms. The number of rotatable bonds is 4. The molecule has 98 valence electrons. The molecule has 0 spiro atoms. The first kappa shape index (κ1) is 14.2. The Bertz CT molecular complexity index is 451. The highest BCUT2D eigenvalue weighted by atomic mass is 35.5. The molecule has 1 aromatic carbocycles. The number of hydrogen-bond donors (Lipinski definition) is 0. The fourth-order valence-electron chi connectivity index (χ4n) is 2.53. The summed E-state index contributed by atoms with van der Waals surface area (Å²) in [6, 6.07) is 3.16. The summed E-state index contributed by atoms with van der Waals surface area (Å²) in [4.78, 5) is 12.1. The molecule has 0 bridgehead atoms. The van der Waals surface area contributed by atoms with Gasteiger partial charge in [-0.05, 0) is 24.5 Å². The highest BCUT2D eigenvalue weighted by Crippen LogP contribution is 2.33. The minimum Gasteiger partial charge on any atom is -0.294 e. The maximum absolute atomic E-state index is 12.1. The van der Waals surface area contributed by atoms with Gasteiger partial charge in [0.25, 0.3) is 0 Å². The van der Waals surface area contributed by atoms with Crippen molar-refractivity contribution in [2.24, 2.45) is 5.92 Å². The van der Waals surface area contributed by atoms with Gasteiger partial charge in [-0.1, -0.05) is 60.5 Å². The average molecular weight is 306 g/mol. The van der Waals surface area contributed by atoms with Gasteiger partial charge in [0.15, 0.2) is 5.78 Å². The molecule has 4 heteroatoms. The first-order valence-corrected chi connectivity index (χ1v) is 7.39. The molecule has 1 aliphatic rings. The van der Waals surface area contributed by atoms with E-state index in [-0.39, 0.29) is 5.78 Å². The fourth-order valence-corrected chi connectivity index (χ4v) is 3.24. The second-order valence-electron chi connectivity index (χ2n) is 4.86. The van der Waals surface area contributed by atoms with Crippen LogP contribution in [0.5, 0.6) is 0 Å². The molecule has 0 atom stereocenters. The SMILES string of the molecule is O=C(CCC1CCCC1)c1cc(Cl)cc(Cl)c1Cl. The van der Waals surface area contributed by atoms with Gasteiger partial charge in [0.05, 0.1) is 10.0 Å². The zero-order valence-electron chi connectivity index (χ0n) is 10.0. The summed E-state index contributed by atoms with van der Waals surface area (Å²) >= 11 is 17.9. The predicted octanol–water partition coefficient (Wildman–Crippen LogP) is 5.80. The van der Waals surface area contributed by atoms with Gasteiger partial charge in [-0.3, -0.25) is 4.79 Å². The fraction of sp³-hybridized carbons (Fsp3) is 0.500. The molecule has 0 radical (unpaired) electrons. The summed E-state index contributed by atoms with van der Waals surface area (Å²) in [5.74, 6) is 0.735. The van der Waals surface area contributed by atoms with Crippen molar-refractivity contribution in [2.75, 3.05) is 0 Å². The molecule has 0 aromatic heterocycles. The quantitative estimate of drug-likeness (QED) is 0.507. The lowest BCUT2D eigenvalue weighted by Crippen LogP contribution is -2.04. The van der Waals surface area contributed by atoms with Crippen LogP contribution in [0.25, 0.3) is 0 Å². The van der Waals surface area contributed by atoms with Crippen LogP contribution < -0.4 is 0 Å². The van der Waals surface area contributed by atoms with Crippen LogP contribution in [0.4, 0.5) is 0 Å². The summed E-state index contributed by atoms with van der Waals surface area (Å²) < 4.78 is 0. The first-order chi connectivity index (χ1) is 8.58. The Morgan fingerprint density at radius 3 is 2.50 bits per heavy atom. The van der Waals surface area contributed by atoms with Crippen molar-refractivity contribution in [1.82, 2.24) is 0 Å². The van der Waals surface area contributed by atoms with E-state index < -0.39 is 0 Å². The van der Waals surface area contributed by atoms with Gasteiger partial charge in [-0.25, -0.2) is 0 Å². The lowest BCUT2D eigenvalue weighted by Gasteiger charge is -2.09. The zero-order valence-corrected chi connectivity index (χ0v) is 12.3. The topological polar surface area (TPSA) is 17.1 Å².